The van der Waals surface area contributed by atoms with Gasteiger partial charge in [-0.25, -0.2) is 10.3 Å². The minimum Gasteiger partial charge on any atom is -0.444 e. The van der Waals surface area contributed by atoms with Crippen molar-refractivity contribution >= 4 is 28.6 Å². The van der Waals surface area contributed by atoms with E-state index in [-0.39, 0.29) is 12.2 Å². The van der Waals surface area contributed by atoms with Crippen LogP contribution < -0.4 is 10.8 Å². The number of amides is 2. The van der Waals surface area contributed by atoms with E-state index >= 15 is 0 Å². The molecular formula is C19H17N3O4. The number of fused-ring (bicyclic) bond motifs is 1. The Morgan fingerprint density at radius 2 is 1.92 bits per heavy atom. The van der Waals surface area contributed by atoms with Gasteiger partial charge in [-0.15, -0.1) is 0 Å². The number of nitrogens with one attached hydrogen (secondary N) is 2. The lowest BCUT2D eigenvalue weighted by atomic mass is 10.1. The molecule has 2 amide bonds. The summed E-state index contributed by atoms with van der Waals surface area (Å²) in [6, 6.07) is 14.4. The van der Waals surface area contributed by atoms with Crippen LogP contribution in [0.5, 0.6) is 0 Å². The van der Waals surface area contributed by atoms with Gasteiger partial charge in [0.15, 0.2) is 0 Å². The molecule has 1 aromatic heterocycles. The van der Waals surface area contributed by atoms with Crippen LogP contribution in [0.4, 0.5) is 10.5 Å². The van der Waals surface area contributed by atoms with E-state index in [1.165, 1.54) is 6.20 Å². The number of aryl methyl sites for hydroxylation is 1. The molecular weight excluding hydrogens is 334 g/mol. The van der Waals surface area contributed by atoms with E-state index in [0.29, 0.717) is 16.6 Å². The first-order valence-corrected chi connectivity index (χ1v) is 7.90. The first kappa shape index (κ1) is 17.4. The highest BCUT2D eigenvalue weighted by Crippen LogP contribution is 2.24. The van der Waals surface area contributed by atoms with Crippen molar-refractivity contribution in [3.05, 3.63) is 71.4 Å². The third kappa shape index (κ3) is 3.79. The zero-order chi connectivity index (χ0) is 18.5. The number of hydrogen-bond acceptors (Lipinski definition) is 5. The average molecular weight is 351 g/mol. The standard InChI is InChI=1S/C19H17N3O4/c1-12-16(21-19(24)26-11-13-5-3-2-4-6-13)8-7-14-9-15(18(23)22-25)10-20-17(12)14/h2-10,25H,11H2,1H3,(H,21,24)(H,22,23). The van der Waals surface area contributed by atoms with Gasteiger partial charge in [-0.05, 0) is 30.2 Å². The quantitative estimate of drug-likeness (QED) is 0.494. The van der Waals surface area contributed by atoms with E-state index in [1.807, 2.05) is 37.3 Å². The Morgan fingerprint density at radius 1 is 1.15 bits per heavy atom. The summed E-state index contributed by atoms with van der Waals surface area (Å²) in [5.74, 6) is -0.635. The fourth-order valence-corrected chi connectivity index (χ4v) is 2.54. The van der Waals surface area contributed by atoms with Gasteiger partial charge in [0.05, 0.1) is 11.1 Å². The van der Waals surface area contributed by atoms with Crippen molar-refractivity contribution in [1.82, 2.24) is 10.5 Å². The maximum absolute atomic E-state index is 12.0. The third-order valence-corrected chi connectivity index (χ3v) is 3.92. The molecule has 0 fully saturated rings. The zero-order valence-corrected chi connectivity index (χ0v) is 14.0. The lowest BCUT2D eigenvalue weighted by Gasteiger charge is -2.11. The van der Waals surface area contributed by atoms with Crippen LogP contribution in [0.1, 0.15) is 21.5 Å². The summed E-state index contributed by atoms with van der Waals surface area (Å²) in [6.07, 6.45) is 0.797. The smallest absolute Gasteiger partial charge is 0.411 e. The molecule has 0 saturated heterocycles. The van der Waals surface area contributed by atoms with E-state index in [2.05, 4.69) is 10.3 Å². The van der Waals surface area contributed by atoms with Crippen molar-refractivity contribution in [2.75, 3.05) is 5.32 Å². The molecule has 2 aromatic carbocycles. The van der Waals surface area contributed by atoms with Crippen LogP contribution in [-0.2, 0) is 11.3 Å². The first-order valence-electron chi connectivity index (χ1n) is 7.90. The number of ether oxygens (including phenoxy) is 1. The molecule has 0 aliphatic heterocycles. The highest BCUT2D eigenvalue weighted by atomic mass is 16.5. The molecule has 3 rings (SSSR count). The van der Waals surface area contributed by atoms with E-state index in [1.54, 1.807) is 23.7 Å². The van der Waals surface area contributed by atoms with Crippen LogP contribution in [0.15, 0.2) is 54.7 Å². The number of nitrogens with zero attached hydrogens (tertiary/aromatic N) is 1. The molecule has 3 aromatic rings. The van der Waals surface area contributed by atoms with Crippen molar-refractivity contribution in [3.8, 4) is 0 Å². The second kappa shape index (κ2) is 7.62. The lowest BCUT2D eigenvalue weighted by Crippen LogP contribution is -2.18. The summed E-state index contributed by atoms with van der Waals surface area (Å²) in [4.78, 5) is 27.7. The molecule has 1 heterocycles. The number of benzene rings is 2. The molecule has 0 atom stereocenters. The minimum absolute atomic E-state index is 0.178. The molecule has 0 saturated carbocycles. The monoisotopic (exact) mass is 351 g/mol. The topological polar surface area (TPSA) is 101 Å². The van der Waals surface area contributed by atoms with Gasteiger partial charge in [-0.1, -0.05) is 36.4 Å². The number of carbonyl (C=O) groups is 2. The van der Waals surface area contributed by atoms with Crippen molar-refractivity contribution < 1.29 is 19.5 Å². The first-order chi connectivity index (χ1) is 12.6. The zero-order valence-electron chi connectivity index (χ0n) is 14.0. The number of rotatable bonds is 4. The van der Waals surface area contributed by atoms with E-state index < -0.39 is 12.0 Å². The van der Waals surface area contributed by atoms with Crippen LogP contribution in [0, 0.1) is 6.92 Å². The largest absolute Gasteiger partial charge is 0.444 e. The van der Waals surface area contributed by atoms with Gasteiger partial charge < -0.3 is 4.74 Å². The number of hydrogen-bond donors (Lipinski definition) is 3. The third-order valence-electron chi connectivity index (χ3n) is 3.92. The molecule has 0 bridgehead atoms. The Hall–Kier alpha value is -3.45. The number of hydroxylamine groups is 1. The summed E-state index contributed by atoms with van der Waals surface area (Å²) in [7, 11) is 0. The van der Waals surface area contributed by atoms with Crippen LogP contribution in [-0.4, -0.2) is 22.2 Å². The predicted octanol–water partition coefficient (Wildman–Crippen LogP) is 3.41. The summed E-state index contributed by atoms with van der Waals surface area (Å²) in [5.41, 5.74) is 4.67. The Labute approximate surface area is 149 Å². The molecule has 0 aliphatic rings. The van der Waals surface area contributed by atoms with E-state index in [9.17, 15) is 9.59 Å². The minimum atomic E-state index is -0.635. The fourth-order valence-electron chi connectivity index (χ4n) is 2.54. The van der Waals surface area contributed by atoms with Crippen molar-refractivity contribution in [3.63, 3.8) is 0 Å². The van der Waals surface area contributed by atoms with Crippen molar-refractivity contribution in [2.24, 2.45) is 0 Å². The second-order valence-corrected chi connectivity index (χ2v) is 5.66. The Bertz CT molecular complexity index is 958. The maximum Gasteiger partial charge on any atom is 0.411 e. The number of pyridine rings is 1. The highest BCUT2D eigenvalue weighted by Gasteiger charge is 2.12. The van der Waals surface area contributed by atoms with Gasteiger partial charge in [0.2, 0.25) is 0 Å². The summed E-state index contributed by atoms with van der Waals surface area (Å²) in [5, 5.41) is 12.1. The molecule has 0 radical (unpaired) electrons. The van der Waals surface area contributed by atoms with Crippen molar-refractivity contribution in [2.45, 2.75) is 13.5 Å². The van der Waals surface area contributed by atoms with Gasteiger partial charge in [0.1, 0.15) is 6.61 Å². The summed E-state index contributed by atoms with van der Waals surface area (Å²) >= 11 is 0. The van der Waals surface area contributed by atoms with Gasteiger partial charge in [0, 0.05) is 17.3 Å². The van der Waals surface area contributed by atoms with Gasteiger partial charge >= 0.3 is 6.09 Å². The predicted molar refractivity (Wildman–Crippen MR) is 96.0 cm³/mol. The number of carbonyl (C=O) groups excluding carboxylic acids is 2. The van der Waals surface area contributed by atoms with Crippen molar-refractivity contribution in [1.29, 1.82) is 0 Å². The highest BCUT2D eigenvalue weighted by molar-refractivity contribution is 5.98. The molecule has 0 spiro atoms. The molecule has 3 N–H and O–H groups in total. The van der Waals surface area contributed by atoms with Gasteiger partial charge in [-0.3, -0.25) is 20.3 Å². The van der Waals surface area contributed by atoms with Crippen LogP contribution >= 0.6 is 0 Å². The average Bonchev–Trinajstić information content (AvgIpc) is 2.68. The molecule has 0 unspecified atom stereocenters. The fraction of sp³-hybridized carbons (Fsp3) is 0.105. The molecule has 7 nitrogen and oxygen atoms in total. The molecule has 7 heteroatoms. The Kier molecular flexibility index (Phi) is 5.09. The van der Waals surface area contributed by atoms with Crippen LogP contribution in [0.3, 0.4) is 0 Å². The van der Waals surface area contributed by atoms with Gasteiger partial charge in [-0.2, -0.15) is 0 Å². The van der Waals surface area contributed by atoms with E-state index in [0.717, 1.165) is 11.1 Å². The Morgan fingerprint density at radius 3 is 2.65 bits per heavy atom. The molecule has 132 valence electrons. The normalized spacial score (nSPS) is 10.4. The number of aromatic nitrogens is 1. The SMILES string of the molecule is Cc1c(NC(=O)OCc2ccccc2)ccc2cc(C(=O)NO)cnc12. The number of anilines is 1. The lowest BCUT2D eigenvalue weighted by molar-refractivity contribution is 0.0706. The second-order valence-electron chi connectivity index (χ2n) is 5.66. The molecule has 26 heavy (non-hydrogen) atoms. The molecule has 0 aliphatic carbocycles. The maximum atomic E-state index is 12.0. The van der Waals surface area contributed by atoms with Crippen LogP contribution in [0.25, 0.3) is 10.9 Å². The van der Waals surface area contributed by atoms with E-state index in [4.69, 9.17) is 9.94 Å². The van der Waals surface area contributed by atoms with Gasteiger partial charge in [0.25, 0.3) is 5.91 Å². The Balaban J connectivity index is 1.74. The summed E-state index contributed by atoms with van der Waals surface area (Å²) < 4.78 is 5.21. The summed E-state index contributed by atoms with van der Waals surface area (Å²) in [6.45, 7) is 1.99. The van der Waals surface area contributed by atoms with Crippen LogP contribution in [0.2, 0.25) is 0 Å².